The zero-order chi connectivity index (χ0) is 11.8. The molecule has 0 heterocycles. The molecule has 6 heteroatoms. The van der Waals surface area contributed by atoms with Gasteiger partial charge in [0.1, 0.15) is 11.6 Å². The number of hydrogen-bond acceptors (Lipinski definition) is 1. The molecule has 0 radical (unpaired) electrons. The first-order valence-electron chi connectivity index (χ1n) is 5.04. The van der Waals surface area contributed by atoms with Crippen molar-refractivity contribution < 1.29 is 8.78 Å². The van der Waals surface area contributed by atoms with Crippen molar-refractivity contribution in [3.05, 3.63) is 35.4 Å². The van der Waals surface area contributed by atoms with Gasteiger partial charge in [0.15, 0.2) is 5.96 Å². The zero-order valence-corrected chi connectivity index (χ0v) is 11.4. The lowest BCUT2D eigenvalue weighted by atomic mass is 9.95. The summed E-state index contributed by atoms with van der Waals surface area (Å²) in [6.45, 7) is 0.359. The molecule has 3 nitrogen and oxygen atoms in total. The van der Waals surface area contributed by atoms with E-state index in [9.17, 15) is 8.78 Å². The van der Waals surface area contributed by atoms with E-state index in [1.807, 2.05) is 0 Å². The Labute approximate surface area is 115 Å². The third kappa shape index (κ3) is 3.05. The van der Waals surface area contributed by atoms with Gasteiger partial charge in [-0.05, 0) is 24.5 Å². The van der Waals surface area contributed by atoms with Crippen molar-refractivity contribution in [3.63, 3.8) is 0 Å². The summed E-state index contributed by atoms with van der Waals surface area (Å²) in [4.78, 5) is 3.91. The van der Waals surface area contributed by atoms with E-state index in [2.05, 4.69) is 4.99 Å². The molecular formula is C11H14F2IN3. The van der Waals surface area contributed by atoms with Crippen LogP contribution in [0.15, 0.2) is 23.2 Å². The quantitative estimate of drug-likeness (QED) is 0.495. The molecule has 1 aliphatic rings. The van der Waals surface area contributed by atoms with Crippen LogP contribution in [0.1, 0.15) is 18.4 Å². The topological polar surface area (TPSA) is 64.4 Å². The number of guanidine groups is 1. The standard InChI is InChI=1S/C11H13F2N3.HI/c12-7-1-2-8(9(13)5-7)11(3-4-11)6-16-10(14)15;/h1-2,5H,3-4,6H2,(H4,14,15,16);1H. The number of halogens is 3. The summed E-state index contributed by atoms with van der Waals surface area (Å²) in [5, 5.41) is 0. The van der Waals surface area contributed by atoms with E-state index in [0.29, 0.717) is 12.1 Å². The first-order valence-corrected chi connectivity index (χ1v) is 5.04. The second-order valence-electron chi connectivity index (χ2n) is 4.15. The van der Waals surface area contributed by atoms with Crippen molar-refractivity contribution in [2.75, 3.05) is 6.54 Å². The molecule has 1 aliphatic carbocycles. The molecule has 1 saturated carbocycles. The summed E-state index contributed by atoms with van der Waals surface area (Å²) in [5.41, 5.74) is 10.7. The Bertz CT molecular complexity index is 440. The molecule has 2 rings (SSSR count). The van der Waals surface area contributed by atoms with Crippen LogP contribution in [-0.4, -0.2) is 12.5 Å². The summed E-state index contributed by atoms with van der Waals surface area (Å²) in [7, 11) is 0. The van der Waals surface area contributed by atoms with Crippen LogP contribution in [0.5, 0.6) is 0 Å². The third-order valence-electron chi connectivity index (χ3n) is 2.92. The van der Waals surface area contributed by atoms with E-state index >= 15 is 0 Å². The van der Waals surface area contributed by atoms with Gasteiger partial charge in [-0.2, -0.15) is 0 Å². The second-order valence-corrected chi connectivity index (χ2v) is 4.15. The lowest BCUT2D eigenvalue weighted by molar-refractivity contribution is 0.549. The van der Waals surface area contributed by atoms with Crippen LogP contribution in [-0.2, 0) is 5.41 Å². The summed E-state index contributed by atoms with van der Waals surface area (Å²) in [5.74, 6) is -1.10. The fourth-order valence-corrected chi connectivity index (χ4v) is 1.83. The monoisotopic (exact) mass is 353 g/mol. The molecule has 1 aromatic rings. The largest absolute Gasteiger partial charge is 0.370 e. The average molecular weight is 353 g/mol. The fraction of sp³-hybridized carbons (Fsp3) is 0.364. The number of benzene rings is 1. The highest BCUT2D eigenvalue weighted by Gasteiger charge is 2.45. The number of aliphatic imine (C=N–C) groups is 1. The highest BCUT2D eigenvalue weighted by atomic mass is 127. The van der Waals surface area contributed by atoms with Crippen molar-refractivity contribution in [2.45, 2.75) is 18.3 Å². The Morgan fingerprint density at radius 3 is 2.41 bits per heavy atom. The van der Waals surface area contributed by atoms with Gasteiger partial charge in [0.25, 0.3) is 0 Å². The minimum atomic E-state index is -0.570. The van der Waals surface area contributed by atoms with Gasteiger partial charge in [-0.1, -0.05) is 6.07 Å². The minimum absolute atomic E-state index is 0. The Morgan fingerprint density at radius 2 is 1.94 bits per heavy atom. The van der Waals surface area contributed by atoms with Gasteiger partial charge >= 0.3 is 0 Å². The van der Waals surface area contributed by atoms with Crippen LogP contribution in [0, 0.1) is 11.6 Å². The highest BCUT2D eigenvalue weighted by molar-refractivity contribution is 14.0. The molecular weight excluding hydrogens is 339 g/mol. The Balaban J connectivity index is 0.00000144. The predicted octanol–water partition coefficient (Wildman–Crippen LogP) is 1.89. The number of nitrogens with zero attached hydrogens (tertiary/aromatic N) is 1. The van der Waals surface area contributed by atoms with E-state index in [1.165, 1.54) is 12.1 Å². The van der Waals surface area contributed by atoms with Crippen LogP contribution < -0.4 is 11.5 Å². The molecule has 4 N–H and O–H groups in total. The smallest absolute Gasteiger partial charge is 0.185 e. The van der Waals surface area contributed by atoms with Crippen molar-refractivity contribution in [3.8, 4) is 0 Å². The summed E-state index contributed by atoms with van der Waals surface area (Å²) >= 11 is 0. The van der Waals surface area contributed by atoms with Crippen molar-refractivity contribution in [1.29, 1.82) is 0 Å². The van der Waals surface area contributed by atoms with Gasteiger partial charge < -0.3 is 11.5 Å². The van der Waals surface area contributed by atoms with E-state index in [1.54, 1.807) is 0 Å². The number of nitrogens with two attached hydrogens (primary N) is 2. The summed E-state index contributed by atoms with van der Waals surface area (Å²) in [6, 6.07) is 3.62. The van der Waals surface area contributed by atoms with Crippen molar-refractivity contribution in [2.24, 2.45) is 16.5 Å². The van der Waals surface area contributed by atoms with Gasteiger partial charge in [0, 0.05) is 11.5 Å². The van der Waals surface area contributed by atoms with Crippen LogP contribution in [0.4, 0.5) is 8.78 Å². The van der Waals surface area contributed by atoms with Crippen molar-refractivity contribution in [1.82, 2.24) is 0 Å². The van der Waals surface area contributed by atoms with Crippen LogP contribution >= 0.6 is 24.0 Å². The zero-order valence-electron chi connectivity index (χ0n) is 9.12. The summed E-state index contributed by atoms with van der Waals surface area (Å²) in [6.07, 6.45) is 1.65. The first kappa shape index (κ1) is 14.1. The van der Waals surface area contributed by atoms with Crippen molar-refractivity contribution >= 4 is 29.9 Å². The van der Waals surface area contributed by atoms with Gasteiger partial charge in [-0.25, -0.2) is 8.78 Å². The lowest BCUT2D eigenvalue weighted by Crippen LogP contribution is -2.25. The number of rotatable bonds is 3. The van der Waals surface area contributed by atoms with E-state index < -0.39 is 11.6 Å². The normalized spacial score (nSPS) is 15.9. The maximum absolute atomic E-state index is 13.6. The molecule has 0 spiro atoms. The maximum atomic E-state index is 13.6. The molecule has 0 aromatic heterocycles. The Morgan fingerprint density at radius 1 is 1.29 bits per heavy atom. The second kappa shape index (κ2) is 5.16. The Kier molecular flexibility index (Phi) is 4.29. The molecule has 0 amide bonds. The van der Waals surface area contributed by atoms with E-state index in [4.69, 9.17) is 11.5 Å². The maximum Gasteiger partial charge on any atom is 0.185 e. The van der Waals surface area contributed by atoms with E-state index in [-0.39, 0.29) is 35.4 Å². The third-order valence-corrected chi connectivity index (χ3v) is 2.92. The fourth-order valence-electron chi connectivity index (χ4n) is 1.83. The van der Waals surface area contributed by atoms with Crippen LogP contribution in [0.2, 0.25) is 0 Å². The molecule has 0 bridgehead atoms. The molecule has 1 fully saturated rings. The first-order chi connectivity index (χ1) is 7.53. The molecule has 94 valence electrons. The number of hydrogen-bond donors (Lipinski definition) is 2. The minimum Gasteiger partial charge on any atom is -0.370 e. The molecule has 17 heavy (non-hydrogen) atoms. The van der Waals surface area contributed by atoms with E-state index in [0.717, 1.165) is 18.9 Å². The molecule has 0 unspecified atom stereocenters. The van der Waals surface area contributed by atoms with Gasteiger partial charge in [0.05, 0.1) is 6.54 Å². The van der Waals surface area contributed by atoms with Gasteiger partial charge in [0.2, 0.25) is 0 Å². The average Bonchev–Trinajstić information content (AvgIpc) is 2.96. The molecule has 0 atom stereocenters. The lowest BCUT2D eigenvalue weighted by Gasteiger charge is -2.13. The highest BCUT2D eigenvalue weighted by Crippen LogP contribution is 2.49. The van der Waals surface area contributed by atoms with Crippen LogP contribution in [0.25, 0.3) is 0 Å². The predicted molar refractivity (Wildman–Crippen MR) is 73.4 cm³/mol. The molecule has 0 saturated heterocycles. The SMILES string of the molecule is I.NC(N)=NCC1(c2ccc(F)cc2F)CC1. The van der Waals surface area contributed by atoms with Gasteiger partial charge in [-0.3, -0.25) is 4.99 Å². The van der Waals surface area contributed by atoms with Gasteiger partial charge in [-0.15, -0.1) is 24.0 Å². The Hall–Kier alpha value is -0.920. The summed E-state index contributed by atoms with van der Waals surface area (Å²) < 4.78 is 26.3. The molecule has 1 aromatic carbocycles. The van der Waals surface area contributed by atoms with Crippen LogP contribution in [0.3, 0.4) is 0 Å². The molecule has 0 aliphatic heterocycles.